The average molecular weight is 307 g/mol. The largest absolute Gasteiger partial charge is 0.496 e. The second kappa shape index (κ2) is 6.52. The number of rotatable bonds is 4. The Labute approximate surface area is 129 Å². The lowest BCUT2D eigenvalue weighted by Gasteiger charge is -2.34. The molecule has 1 unspecified atom stereocenters. The fourth-order valence-electron chi connectivity index (χ4n) is 2.84. The normalized spacial score (nSPS) is 17.6. The van der Waals surface area contributed by atoms with Gasteiger partial charge in [0.25, 0.3) is 0 Å². The summed E-state index contributed by atoms with van der Waals surface area (Å²) in [6.45, 7) is 3.86. The van der Waals surface area contributed by atoms with E-state index < -0.39 is 0 Å². The molecule has 0 spiro atoms. The smallest absolute Gasteiger partial charge is 0.125 e. The Hall–Kier alpha value is -1.49. The zero-order valence-corrected chi connectivity index (χ0v) is 12.8. The van der Waals surface area contributed by atoms with Crippen LogP contribution in [0.4, 0.5) is 0 Å². The zero-order chi connectivity index (χ0) is 14.7. The highest BCUT2D eigenvalue weighted by molar-refractivity contribution is 6.30. The Morgan fingerprint density at radius 3 is 2.76 bits per heavy atom. The molecule has 21 heavy (non-hydrogen) atoms. The quantitative estimate of drug-likeness (QED) is 0.942. The van der Waals surface area contributed by atoms with Crippen molar-refractivity contribution in [3.05, 3.63) is 52.9 Å². The summed E-state index contributed by atoms with van der Waals surface area (Å²) in [5, 5.41) is 4.08. The van der Waals surface area contributed by atoms with Crippen LogP contribution < -0.4 is 10.1 Å². The molecule has 2 aromatic rings. The molecule has 0 saturated carbocycles. The SMILES string of the molecule is COc1ccc(Cl)cc1C(c1ccco1)N1CCNCC1. The van der Waals surface area contributed by atoms with Crippen LogP contribution in [0.15, 0.2) is 41.0 Å². The number of piperazine rings is 1. The van der Waals surface area contributed by atoms with Crippen molar-refractivity contribution in [2.75, 3.05) is 33.3 Å². The van der Waals surface area contributed by atoms with E-state index in [2.05, 4.69) is 10.2 Å². The number of methoxy groups -OCH3 is 1. The Bertz CT molecular complexity index is 580. The van der Waals surface area contributed by atoms with Crippen molar-refractivity contribution in [2.24, 2.45) is 0 Å². The molecule has 1 aromatic heterocycles. The van der Waals surface area contributed by atoms with Crippen LogP contribution in [-0.4, -0.2) is 38.2 Å². The van der Waals surface area contributed by atoms with Gasteiger partial charge in [-0.15, -0.1) is 0 Å². The summed E-state index contributed by atoms with van der Waals surface area (Å²) < 4.78 is 11.2. The van der Waals surface area contributed by atoms with Crippen LogP contribution in [0.3, 0.4) is 0 Å². The topological polar surface area (TPSA) is 37.6 Å². The van der Waals surface area contributed by atoms with Crippen LogP contribution in [0.2, 0.25) is 5.02 Å². The van der Waals surface area contributed by atoms with E-state index in [1.54, 1.807) is 13.4 Å². The van der Waals surface area contributed by atoms with Crippen molar-refractivity contribution < 1.29 is 9.15 Å². The van der Waals surface area contributed by atoms with Gasteiger partial charge in [0, 0.05) is 36.8 Å². The van der Waals surface area contributed by atoms with E-state index in [0.717, 1.165) is 43.3 Å². The fourth-order valence-corrected chi connectivity index (χ4v) is 3.02. The molecule has 112 valence electrons. The van der Waals surface area contributed by atoms with Crippen molar-refractivity contribution in [3.63, 3.8) is 0 Å². The number of ether oxygens (including phenoxy) is 1. The lowest BCUT2D eigenvalue weighted by molar-refractivity contribution is 0.177. The standard InChI is InChI=1S/C16H19ClN2O2/c1-20-14-5-4-12(17)11-13(14)16(15-3-2-10-21-15)19-8-6-18-7-9-19/h2-5,10-11,16,18H,6-9H2,1H3. The third-order valence-corrected chi connectivity index (χ3v) is 4.05. The van der Waals surface area contributed by atoms with E-state index in [-0.39, 0.29) is 6.04 Å². The van der Waals surface area contributed by atoms with Gasteiger partial charge in [-0.05, 0) is 30.3 Å². The Kier molecular flexibility index (Phi) is 4.48. The maximum atomic E-state index is 6.20. The molecule has 4 nitrogen and oxygen atoms in total. The van der Waals surface area contributed by atoms with E-state index in [1.165, 1.54) is 0 Å². The van der Waals surface area contributed by atoms with Crippen molar-refractivity contribution in [3.8, 4) is 5.75 Å². The summed E-state index contributed by atoms with van der Waals surface area (Å²) in [4.78, 5) is 2.39. The predicted octanol–water partition coefficient (Wildman–Crippen LogP) is 2.94. The molecule has 1 N–H and O–H groups in total. The van der Waals surface area contributed by atoms with Gasteiger partial charge >= 0.3 is 0 Å². The number of halogens is 1. The van der Waals surface area contributed by atoms with Gasteiger partial charge in [-0.25, -0.2) is 0 Å². The van der Waals surface area contributed by atoms with Crippen molar-refractivity contribution in [1.29, 1.82) is 0 Å². The minimum Gasteiger partial charge on any atom is -0.496 e. The summed E-state index contributed by atoms with van der Waals surface area (Å²) in [6.07, 6.45) is 1.71. The molecule has 1 fully saturated rings. The first kappa shape index (κ1) is 14.4. The third kappa shape index (κ3) is 3.07. The van der Waals surface area contributed by atoms with Crippen LogP contribution in [0.1, 0.15) is 17.4 Å². The third-order valence-electron chi connectivity index (χ3n) is 3.82. The molecule has 0 amide bonds. The van der Waals surface area contributed by atoms with Crippen LogP contribution in [-0.2, 0) is 0 Å². The number of hydrogen-bond donors (Lipinski definition) is 1. The first-order valence-electron chi connectivity index (χ1n) is 7.11. The molecule has 3 rings (SSSR count). The van der Waals surface area contributed by atoms with Gasteiger partial charge in [0.2, 0.25) is 0 Å². The monoisotopic (exact) mass is 306 g/mol. The van der Waals surface area contributed by atoms with Gasteiger partial charge in [-0.3, -0.25) is 4.90 Å². The molecular weight excluding hydrogens is 288 g/mol. The first-order valence-corrected chi connectivity index (χ1v) is 7.49. The van der Waals surface area contributed by atoms with E-state index in [9.17, 15) is 0 Å². The summed E-state index contributed by atoms with van der Waals surface area (Å²) in [6, 6.07) is 9.68. The van der Waals surface area contributed by atoms with Crippen LogP contribution >= 0.6 is 11.6 Å². The fraction of sp³-hybridized carbons (Fsp3) is 0.375. The summed E-state index contributed by atoms with van der Waals surface area (Å²) in [7, 11) is 1.68. The van der Waals surface area contributed by atoms with Crippen molar-refractivity contribution >= 4 is 11.6 Å². The highest BCUT2D eigenvalue weighted by Crippen LogP contribution is 2.36. The Morgan fingerprint density at radius 2 is 2.10 bits per heavy atom. The lowest BCUT2D eigenvalue weighted by Crippen LogP contribution is -2.45. The molecule has 0 bridgehead atoms. The minimum absolute atomic E-state index is 0.0238. The van der Waals surface area contributed by atoms with Gasteiger partial charge in [0.1, 0.15) is 11.5 Å². The van der Waals surface area contributed by atoms with Crippen LogP contribution in [0.5, 0.6) is 5.75 Å². The van der Waals surface area contributed by atoms with Gasteiger partial charge in [-0.1, -0.05) is 11.6 Å². The highest BCUT2D eigenvalue weighted by atomic mass is 35.5. The molecule has 1 aliphatic heterocycles. The Morgan fingerprint density at radius 1 is 1.29 bits per heavy atom. The average Bonchev–Trinajstić information content (AvgIpc) is 3.03. The second-order valence-electron chi connectivity index (χ2n) is 5.09. The molecule has 1 aromatic carbocycles. The van der Waals surface area contributed by atoms with Crippen LogP contribution in [0.25, 0.3) is 0 Å². The maximum Gasteiger partial charge on any atom is 0.125 e. The molecule has 2 heterocycles. The highest BCUT2D eigenvalue weighted by Gasteiger charge is 2.28. The molecular formula is C16H19ClN2O2. The van der Waals surface area contributed by atoms with Crippen LogP contribution in [0, 0.1) is 0 Å². The van der Waals surface area contributed by atoms with Gasteiger partial charge in [0.05, 0.1) is 19.4 Å². The molecule has 0 aliphatic carbocycles. The van der Waals surface area contributed by atoms with Crippen molar-refractivity contribution in [2.45, 2.75) is 6.04 Å². The number of benzene rings is 1. The maximum absolute atomic E-state index is 6.20. The summed E-state index contributed by atoms with van der Waals surface area (Å²) >= 11 is 6.20. The molecule has 5 heteroatoms. The van der Waals surface area contributed by atoms with Crippen molar-refractivity contribution in [1.82, 2.24) is 10.2 Å². The van der Waals surface area contributed by atoms with Gasteiger partial charge in [0.15, 0.2) is 0 Å². The number of nitrogens with zero attached hydrogens (tertiary/aromatic N) is 1. The van der Waals surface area contributed by atoms with Gasteiger partial charge < -0.3 is 14.5 Å². The minimum atomic E-state index is 0.0238. The lowest BCUT2D eigenvalue weighted by atomic mass is 10.0. The number of hydrogen-bond acceptors (Lipinski definition) is 4. The zero-order valence-electron chi connectivity index (χ0n) is 12.0. The summed E-state index contributed by atoms with van der Waals surface area (Å²) in [5.74, 6) is 1.75. The van der Waals surface area contributed by atoms with E-state index >= 15 is 0 Å². The van der Waals surface area contributed by atoms with Gasteiger partial charge in [-0.2, -0.15) is 0 Å². The predicted molar refractivity (Wildman–Crippen MR) is 83.0 cm³/mol. The van der Waals surface area contributed by atoms with E-state index in [0.29, 0.717) is 5.02 Å². The second-order valence-corrected chi connectivity index (χ2v) is 5.53. The molecule has 0 radical (unpaired) electrons. The molecule has 1 atom stereocenters. The summed E-state index contributed by atoms with van der Waals surface area (Å²) in [5.41, 5.74) is 1.04. The number of nitrogens with one attached hydrogen (secondary N) is 1. The molecule has 1 saturated heterocycles. The number of furan rings is 1. The van der Waals surface area contributed by atoms with E-state index in [4.69, 9.17) is 20.8 Å². The molecule has 1 aliphatic rings. The Balaban J connectivity index is 2.04. The first-order chi connectivity index (χ1) is 10.3. The van der Waals surface area contributed by atoms with E-state index in [1.807, 2.05) is 30.3 Å².